The van der Waals surface area contributed by atoms with Crippen LogP contribution < -0.4 is 10.6 Å². The van der Waals surface area contributed by atoms with E-state index >= 15 is 0 Å². The summed E-state index contributed by atoms with van der Waals surface area (Å²) in [5.74, 6) is -0.0248. The van der Waals surface area contributed by atoms with Crippen LogP contribution in [0, 0.1) is 0 Å². The minimum Gasteiger partial charge on any atom is -0.481 e. The summed E-state index contributed by atoms with van der Waals surface area (Å²) in [4.78, 5) is 23.2. The Morgan fingerprint density at radius 3 is 2.85 bits per heavy atom. The van der Waals surface area contributed by atoms with Crippen LogP contribution in [0.4, 0.5) is 5.82 Å². The third-order valence-electron chi connectivity index (χ3n) is 4.68. The number of fused-ring (bicyclic) bond motifs is 1. The van der Waals surface area contributed by atoms with Crippen molar-refractivity contribution < 1.29 is 9.90 Å². The number of carboxylic acids is 1. The van der Waals surface area contributed by atoms with E-state index in [4.69, 9.17) is 5.11 Å². The summed E-state index contributed by atoms with van der Waals surface area (Å²) in [6.07, 6.45) is 5.62. The minimum absolute atomic E-state index is 0.0221. The van der Waals surface area contributed by atoms with E-state index in [9.17, 15) is 4.79 Å². The highest BCUT2D eigenvalue weighted by Crippen LogP contribution is 2.29. The maximum Gasteiger partial charge on any atom is 0.307 e. The molecule has 1 aliphatic heterocycles. The molecule has 0 saturated carbocycles. The van der Waals surface area contributed by atoms with Gasteiger partial charge in [0.2, 0.25) is 0 Å². The van der Waals surface area contributed by atoms with Crippen LogP contribution in [-0.2, 0) is 11.2 Å². The van der Waals surface area contributed by atoms with Crippen molar-refractivity contribution in [2.24, 2.45) is 0 Å². The van der Waals surface area contributed by atoms with Gasteiger partial charge in [-0.25, -0.2) is 4.98 Å². The zero-order valence-electron chi connectivity index (χ0n) is 14.3. The van der Waals surface area contributed by atoms with Gasteiger partial charge in [0.1, 0.15) is 11.5 Å². The molecule has 4 heterocycles. The lowest BCUT2D eigenvalue weighted by Crippen LogP contribution is -2.35. The Balaban J connectivity index is 1.66. The quantitative estimate of drug-likeness (QED) is 0.563. The Labute approximate surface area is 150 Å². The average molecular weight is 351 g/mol. The van der Waals surface area contributed by atoms with Crippen molar-refractivity contribution >= 4 is 22.8 Å². The molecule has 1 saturated heterocycles. The second-order valence-corrected chi connectivity index (χ2v) is 6.59. The van der Waals surface area contributed by atoms with E-state index in [0.717, 1.165) is 54.0 Å². The predicted octanol–water partition coefficient (Wildman–Crippen LogP) is 2.42. The zero-order chi connectivity index (χ0) is 17.9. The van der Waals surface area contributed by atoms with E-state index < -0.39 is 5.97 Å². The Morgan fingerprint density at radius 2 is 2.12 bits per heavy atom. The molecule has 0 aliphatic carbocycles. The van der Waals surface area contributed by atoms with E-state index in [0.29, 0.717) is 11.6 Å². The molecule has 0 amide bonds. The van der Waals surface area contributed by atoms with Crippen LogP contribution in [0.5, 0.6) is 0 Å². The van der Waals surface area contributed by atoms with Crippen molar-refractivity contribution in [2.45, 2.75) is 25.3 Å². The van der Waals surface area contributed by atoms with Crippen molar-refractivity contribution in [3.8, 4) is 11.3 Å². The highest BCUT2D eigenvalue weighted by Gasteiger charge is 2.16. The van der Waals surface area contributed by atoms with E-state index in [1.807, 2.05) is 30.5 Å². The average Bonchev–Trinajstić information content (AvgIpc) is 3.11. The van der Waals surface area contributed by atoms with Crippen LogP contribution in [0.3, 0.4) is 0 Å². The molecule has 0 spiro atoms. The molecule has 4 rings (SSSR count). The van der Waals surface area contributed by atoms with Gasteiger partial charge >= 0.3 is 5.97 Å². The molecule has 0 unspecified atom stereocenters. The summed E-state index contributed by atoms with van der Waals surface area (Å²) in [5.41, 5.74) is 3.29. The largest absolute Gasteiger partial charge is 0.481 e. The predicted molar refractivity (Wildman–Crippen MR) is 100 cm³/mol. The summed E-state index contributed by atoms with van der Waals surface area (Å²) >= 11 is 0. The number of H-pyrrole nitrogens is 1. The Bertz CT molecular complexity index is 913. The number of carboxylic acid groups (broad SMARTS) is 1. The van der Waals surface area contributed by atoms with Crippen molar-refractivity contribution in [3.05, 3.63) is 42.2 Å². The molecule has 7 heteroatoms. The van der Waals surface area contributed by atoms with Gasteiger partial charge in [-0.3, -0.25) is 9.78 Å². The van der Waals surface area contributed by atoms with E-state index in [1.165, 1.54) is 0 Å². The number of hydrogen-bond donors (Lipinski definition) is 4. The molecule has 26 heavy (non-hydrogen) atoms. The fourth-order valence-electron chi connectivity index (χ4n) is 3.36. The molecular formula is C19H21N5O2. The topological polar surface area (TPSA) is 103 Å². The summed E-state index contributed by atoms with van der Waals surface area (Å²) in [6, 6.07) is 8.11. The molecule has 1 fully saturated rings. The van der Waals surface area contributed by atoms with E-state index in [1.54, 1.807) is 6.20 Å². The molecule has 0 aromatic carbocycles. The third kappa shape index (κ3) is 3.52. The highest BCUT2D eigenvalue weighted by atomic mass is 16.4. The minimum atomic E-state index is -0.857. The van der Waals surface area contributed by atoms with Crippen molar-refractivity contribution in [1.82, 2.24) is 20.3 Å². The van der Waals surface area contributed by atoms with Crippen LogP contribution >= 0.6 is 0 Å². The Kier molecular flexibility index (Phi) is 4.53. The number of nitrogens with one attached hydrogen (secondary N) is 3. The first-order valence-electron chi connectivity index (χ1n) is 8.81. The molecule has 4 N–H and O–H groups in total. The van der Waals surface area contributed by atoms with Gasteiger partial charge in [0.25, 0.3) is 0 Å². The third-order valence-corrected chi connectivity index (χ3v) is 4.68. The second-order valence-electron chi connectivity index (χ2n) is 6.59. The van der Waals surface area contributed by atoms with Crippen LogP contribution in [0.25, 0.3) is 22.3 Å². The second kappa shape index (κ2) is 7.13. The fraction of sp³-hybridized carbons (Fsp3) is 0.316. The first kappa shape index (κ1) is 16.5. The van der Waals surface area contributed by atoms with Crippen molar-refractivity contribution in [1.29, 1.82) is 0 Å². The maximum atomic E-state index is 10.8. The number of aromatic nitrogens is 3. The lowest BCUT2D eigenvalue weighted by Gasteiger charge is -2.24. The van der Waals surface area contributed by atoms with Gasteiger partial charge in [-0.15, -0.1) is 0 Å². The van der Waals surface area contributed by atoms with Gasteiger partial charge in [0.05, 0.1) is 12.1 Å². The summed E-state index contributed by atoms with van der Waals surface area (Å²) in [5, 5.41) is 16.8. The maximum absolute atomic E-state index is 10.8. The number of nitrogens with zero attached hydrogens (tertiary/aromatic N) is 2. The van der Waals surface area contributed by atoms with Gasteiger partial charge in [-0.2, -0.15) is 0 Å². The highest BCUT2D eigenvalue weighted by molar-refractivity contribution is 5.93. The van der Waals surface area contributed by atoms with Gasteiger partial charge in [0.15, 0.2) is 0 Å². The molecule has 3 aromatic heterocycles. The monoisotopic (exact) mass is 351 g/mol. The van der Waals surface area contributed by atoms with Gasteiger partial charge in [-0.1, -0.05) is 6.07 Å². The number of rotatable bonds is 5. The molecular weight excluding hydrogens is 330 g/mol. The normalized spacial score (nSPS) is 15.2. The fourth-order valence-corrected chi connectivity index (χ4v) is 3.36. The summed E-state index contributed by atoms with van der Waals surface area (Å²) in [6.45, 7) is 2.03. The zero-order valence-corrected chi connectivity index (χ0v) is 14.3. The lowest BCUT2D eigenvalue weighted by molar-refractivity contribution is -0.136. The van der Waals surface area contributed by atoms with Gasteiger partial charge in [0, 0.05) is 29.4 Å². The lowest BCUT2D eigenvalue weighted by atomic mass is 10.1. The van der Waals surface area contributed by atoms with Crippen LogP contribution in [0.1, 0.15) is 18.4 Å². The molecule has 0 atom stereocenters. The van der Waals surface area contributed by atoms with Gasteiger partial charge in [-0.05, 0) is 49.7 Å². The smallest absolute Gasteiger partial charge is 0.307 e. The SMILES string of the molecule is O=C(O)Cc1ccc(-c2cc(NC3CCNCC3)nc3[nH]ccc23)nc1. The molecule has 7 nitrogen and oxygen atoms in total. The first-order chi connectivity index (χ1) is 12.7. The van der Waals surface area contributed by atoms with E-state index in [2.05, 4.69) is 25.6 Å². The number of aliphatic carboxylic acids is 1. The molecule has 0 bridgehead atoms. The summed E-state index contributed by atoms with van der Waals surface area (Å²) in [7, 11) is 0. The number of aromatic amines is 1. The van der Waals surface area contributed by atoms with Crippen molar-refractivity contribution in [2.75, 3.05) is 18.4 Å². The first-order valence-corrected chi connectivity index (χ1v) is 8.81. The number of anilines is 1. The van der Waals surface area contributed by atoms with Gasteiger partial charge < -0.3 is 20.7 Å². The number of piperidine rings is 1. The Morgan fingerprint density at radius 1 is 1.27 bits per heavy atom. The van der Waals surface area contributed by atoms with Crippen molar-refractivity contribution in [3.63, 3.8) is 0 Å². The number of pyridine rings is 2. The Hall–Kier alpha value is -2.93. The van der Waals surface area contributed by atoms with Crippen LogP contribution in [0.15, 0.2) is 36.7 Å². The molecule has 3 aromatic rings. The standard InChI is InChI=1S/C19H21N5O2/c25-18(26)9-12-1-2-16(22-11-12)15-10-17(23-13-3-6-20-7-4-13)24-19-14(15)5-8-21-19/h1-2,5,8,10-11,13,20H,3-4,6-7,9H2,(H,25,26)(H2,21,23,24). The van der Waals surface area contributed by atoms with Crippen LogP contribution in [-0.4, -0.2) is 45.2 Å². The molecule has 0 radical (unpaired) electrons. The number of hydrogen-bond acceptors (Lipinski definition) is 5. The summed E-state index contributed by atoms with van der Waals surface area (Å²) < 4.78 is 0. The van der Waals surface area contributed by atoms with E-state index in [-0.39, 0.29) is 6.42 Å². The molecule has 134 valence electrons. The van der Waals surface area contributed by atoms with Crippen LogP contribution in [0.2, 0.25) is 0 Å². The molecule has 1 aliphatic rings. The number of carbonyl (C=O) groups is 1.